The summed E-state index contributed by atoms with van der Waals surface area (Å²) in [6.45, 7) is 3.04. The Morgan fingerprint density at radius 2 is 2.20 bits per heavy atom. The fraction of sp³-hybridized carbons (Fsp3) is 0.438. The quantitative estimate of drug-likeness (QED) is 0.923. The molecule has 2 aromatic rings. The average molecular weight is 274 g/mol. The van der Waals surface area contributed by atoms with Crippen molar-refractivity contribution in [3.05, 3.63) is 29.2 Å². The smallest absolute Gasteiger partial charge is 0.167 e. The summed E-state index contributed by atoms with van der Waals surface area (Å²) in [4.78, 5) is 4.63. The van der Waals surface area contributed by atoms with Crippen molar-refractivity contribution in [1.29, 1.82) is 0 Å². The number of pyridine rings is 1. The van der Waals surface area contributed by atoms with E-state index in [9.17, 15) is 4.39 Å². The first kappa shape index (κ1) is 13.2. The highest BCUT2D eigenvalue weighted by molar-refractivity contribution is 5.94. The maximum atomic E-state index is 13.9. The second-order valence-corrected chi connectivity index (χ2v) is 5.20. The van der Waals surface area contributed by atoms with E-state index in [2.05, 4.69) is 17.2 Å². The van der Waals surface area contributed by atoms with Gasteiger partial charge >= 0.3 is 0 Å². The van der Waals surface area contributed by atoms with Gasteiger partial charge in [0.15, 0.2) is 11.6 Å². The second-order valence-electron chi connectivity index (χ2n) is 5.20. The number of hydrogen-bond acceptors (Lipinski definition) is 3. The molecule has 106 valence electrons. The fourth-order valence-corrected chi connectivity index (χ4v) is 2.87. The first-order valence-corrected chi connectivity index (χ1v) is 7.17. The standard InChI is InChI=1S/C16H19FN2O/c1-3-7-18-16-10-5-4-6-13(10)19-14-9-12(17)15(20-2)8-11(14)16/h8-9H,3-7H2,1-2H3,(H,18,19). The van der Waals surface area contributed by atoms with Crippen LogP contribution in [0.2, 0.25) is 0 Å². The molecule has 0 spiro atoms. The largest absolute Gasteiger partial charge is 0.494 e. The number of anilines is 1. The molecule has 0 fully saturated rings. The third-order valence-corrected chi connectivity index (χ3v) is 3.84. The Labute approximate surface area is 118 Å². The molecule has 0 amide bonds. The minimum absolute atomic E-state index is 0.275. The van der Waals surface area contributed by atoms with Crippen LogP contribution in [0, 0.1) is 5.82 Å². The van der Waals surface area contributed by atoms with Gasteiger partial charge in [-0.3, -0.25) is 4.98 Å². The molecule has 0 bridgehead atoms. The summed E-state index contributed by atoms with van der Waals surface area (Å²) in [5, 5.41) is 4.45. The Balaban J connectivity index is 2.24. The summed E-state index contributed by atoms with van der Waals surface area (Å²) in [7, 11) is 1.49. The number of ether oxygens (including phenoxy) is 1. The van der Waals surface area contributed by atoms with Gasteiger partial charge in [0.05, 0.1) is 12.6 Å². The maximum Gasteiger partial charge on any atom is 0.167 e. The number of aryl methyl sites for hydroxylation is 1. The van der Waals surface area contributed by atoms with Crippen LogP contribution in [0.15, 0.2) is 12.1 Å². The summed E-state index contributed by atoms with van der Waals surface area (Å²) in [5.41, 5.74) is 4.23. The number of halogens is 1. The Morgan fingerprint density at radius 1 is 1.35 bits per heavy atom. The summed E-state index contributed by atoms with van der Waals surface area (Å²) in [6.07, 6.45) is 4.21. The molecule has 0 saturated heterocycles. The molecule has 3 nitrogen and oxygen atoms in total. The highest BCUT2D eigenvalue weighted by atomic mass is 19.1. The summed E-state index contributed by atoms with van der Waals surface area (Å²) in [6, 6.07) is 3.23. The van der Waals surface area contributed by atoms with Gasteiger partial charge in [-0.15, -0.1) is 0 Å². The lowest BCUT2D eigenvalue weighted by molar-refractivity contribution is 0.387. The first-order chi connectivity index (χ1) is 9.74. The molecule has 1 aromatic heterocycles. The monoisotopic (exact) mass is 274 g/mol. The van der Waals surface area contributed by atoms with Crippen molar-refractivity contribution in [2.24, 2.45) is 0 Å². The van der Waals surface area contributed by atoms with Gasteiger partial charge < -0.3 is 10.1 Å². The van der Waals surface area contributed by atoms with Crippen LogP contribution in [0.25, 0.3) is 10.9 Å². The molecule has 0 atom stereocenters. The molecular formula is C16H19FN2O. The van der Waals surface area contributed by atoms with Gasteiger partial charge in [-0.25, -0.2) is 4.39 Å². The predicted molar refractivity (Wildman–Crippen MR) is 79.1 cm³/mol. The van der Waals surface area contributed by atoms with Crippen molar-refractivity contribution in [2.45, 2.75) is 32.6 Å². The molecule has 20 heavy (non-hydrogen) atoms. The Hall–Kier alpha value is -1.84. The Kier molecular flexibility index (Phi) is 3.47. The van der Waals surface area contributed by atoms with Gasteiger partial charge in [-0.2, -0.15) is 0 Å². The van der Waals surface area contributed by atoms with Crippen LogP contribution in [0.3, 0.4) is 0 Å². The zero-order valence-corrected chi connectivity index (χ0v) is 11.9. The van der Waals surface area contributed by atoms with Crippen LogP contribution in [0.5, 0.6) is 5.75 Å². The molecule has 1 aromatic carbocycles. The Morgan fingerprint density at radius 3 is 2.95 bits per heavy atom. The van der Waals surface area contributed by atoms with E-state index in [1.54, 1.807) is 6.07 Å². The lowest BCUT2D eigenvalue weighted by Crippen LogP contribution is -2.05. The fourth-order valence-electron chi connectivity index (χ4n) is 2.87. The third-order valence-electron chi connectivity index (χ3n) is 3.84. The van der Waals surface area contributed by atoms with Crippen LogP contribution in [-0.4, -0.2) is 18.6 Å². The van der Waals surface area contributed by atoms with E-state index in [0.29, 0.717) is 5.52 Å². The number of nitrogens with one attached hydrogen (secondary N) is 1. The molecule has 1 heterocycles. The molecule has 3 rings (SSSR count). The van der Waals surface area contributed by atoms with Crippen LogP contribution in [0.1, 0.15) is 31.0 Å². The van der Waals surface area contributed by atoms with E-state index in [1.807, 2.05) is 0 Å². The maximum absolute atomic E-state index is 13.9. The molecule has 1 aliphatic carbocycles. The predicted octanol–water partition coefficient (Wildman–Crippen LogP) is 3.69. The minimum Gasteiger partial charge on any atom is -0.494 e. The van der Waals surface area contributed by atoms with Crippen molar-refractivity contribution in [1.82, 2.24) is 4.98 Å². The summed E-state index contributed by atoms with van der Waals surface area (Å²) in [5.74, 6) is -0.0799. The molecule has 0 radical (unpaired) electrons. The van der Waals surface area contributed by atoms with E-state index in [4.69, 9.17) is 4.74 Å². The molecule has 0 saturated carbocycles. The molecular weight excluding hydrogens is 255 g/mol. The first-order valence-electron chi connectivity index (χ1n) is 7.17. The Bertz CT molecular complexity index is 655. The van der Waals surface area contributed by atoms with Gasteiger partial charge in [0, 0.05) is 29.4 Å². The van der Waals surface area contributed by atoms with Gasteiger partial charge in [-0.1, -0.05) is 6.92 Å². The van der Waals surface area contributed by atoms with Gasteiger partial charge in [-0.05, 0) is 37.3 Å². The number of aromatic nitrogens is 1. The van der Waals surface area contributed by atoms with E-state index in [1.165, 1.54) is 18.7 Å². The summed E-state index contributed by atoms with van der Waals surface area (Å²) >= 11 is 0. The van der Waals surface area contributed by atoms with Crippen LogP contribution < -0.4 is 10.1 Å². The zero-order chi connectivity index (χ0) is 14.1. The van der Waals surface area contributed by atoms with Crippen molar-refractivity contribution in [3.63, 3.8) is 0 Å². The van der Waals surface area contributed by atoms with Crippen molar-refractivity contribution >= 4 is 16.6 Å². The SMILES string of the molecule is CCCNc1c2c(nc3cc(F)c(OC)cc13)CCC2. The molecule has 1 aliphatic rings. The highest BCUT2D eigenvalue weighted by Crippen LogP contribution is 2.36. The van der Waals surface area contributed by atoms with E-state index < -0.39 is 0 Å². The number of methoxy groups -OCH3 is 1. The zero-order valence-electron chi connectivity index (χ0n) is 11.9. The van der Waals surface area contributed by atoms with Crippen LogP contribution in [-0.2, 0) is 12.8 Å². The number of nitrogens with zero attached hydrogens (tertiary/aromatic N) is 1. The van der Waals surface area contributed by atoms with E-state index in [0.717, 1.165) is 49.0 Å². The lowest BCUT2D eigenvalue weighted by atomic mass is 10.1. The number of rotatable bonds is 4. The lowest BCUT2D eigenvalue weighted by Gasteiger charge is -2.15. The topological polar surface area (TPSA) is 34.2 Å². The molecule has 4 heteroatoms. The van der Waals surface area contributed by atoms with Crippen molar-refractivity contribution in [3.8, 4) is 5.75 Å². The number of benzene rings is 1. The third kappa shape index (κ3) is 2.09. The molecule has 0 aliphatic heterocycles. The highest BCUT2D eigenvalue weighted by Gasteiger charge is 2.20. The van der Waals surface area contributed by atoms with E-state index in [-0.39, 0.29) is 11.6 Å². The van der Waals surface area contributed by atoms with E-state index >= 15 is 0 Å². The normalized spacial score (nSPS) is 13.6. The average Bonchev–Trinajstić information content (AvgIpc) is 2.90. The second kappa shape index (κ2) is 5.27. The minimum atomic E-state index is -0.355. The summed E-state index contributed by atoms with van der Waals surface area (Å²) < 4.78 is 19.0. The van der Waals surface area contributed by atoms with Crippen molar-refractivity contribution in [2.75, 3.05) is 19.0 Å². The van der Waals surface area contributed by atoms with Gasteiger partial charge in [0.1, 0.15) is 0 Å². The van der Waals surface area contributed by atoms with Gasteiger partial charge in [0.2, 0.25) is 0 Å². The molecule has 1 N–H and O–H groups in total. The van der Waals surface area contributed by atoms with Gasteiger partial charge in [0.25, 0.3) is 0 Å². The van der Waals surface area contributed by atoms with Crippen LogP contribution >= 0.6 is 0 Å². The number of fused-ring (bicyclic) bond motifs is 2. The number of hydrogen-bond donors (Lipinski definition) is 1. The van der Waals surface area contributed by atoms with Crippen molar-refractivity contribution < 1.29 is 9.13 Å². The molecule has 0 unspecified atom stereocenters. The van der Waals surface area contributed by atoms with Crippen LogP contribution in [0.4, 0.5) is 10.1 Å².